The second-order valence-corrected chi connectivity index (χ2v) is 6.29. The molecule has 0 heterocycles. The number of halogens is 2. The molecule has 0 aromatic heterocycles. The summed E-state index contributed by atoms with van der Waals surface area (Å²) < 4.78 is 19.9. The van der Waals surface area contributed by atoms with Crippen LogP contribution in [0.4, 0.5) is 4.39 Å². The Kier molecular flexibility index (Phi) is 5.69. The standard InChI is InChI=1S/C22H18ClFO2/c1-15(22(25)26-19-10-7-16(14-23)8-11-19)18-9-12-20(21(24)13-18)17-5-3-2-4-6-17/h2-13,15H,14H2,1H3. The molecule has 0 radical (unpaired) electrons. The molecule has 0 aliphatic carbocycles. The number of ether oxygens (including phenoxy) is 1. The minimum absolute atomic E-state index is 0.361. The normalized spacial score (nSPS) is 11.8. The van der Waals surface area contributed by atoms with Gasteiger partial charge in [-0.25, -0.2) is 4.39 Å². The van der Waals surface area contributed by atoms with Gasteiger partial charge in [-0.3, -0.25) is 4.79 Å². The minimum Gasteiger partial charge on any atom is -0.426 e. The van der Waals surface area contributed by atoms with Gasteiger partial charge in [-0.15, -0.1) is 11.6 Å². The molecule has 0 fully saturated rings. The molecular weight excluding hydrogens is 351 g/mol. The first-order valence-electron chi connectivity index (χ1n) is 8.30. The molecule has 3 rings (SSSR count). The van der Waals surface area contributed by atoms with Crippen molar-refractivity contribution in [1.82, 2.24) is 0 Å². The van der Waals surface area contributed by atoms with E-state index in [1.54, 1.807) is 43.3 Å². The number of hydrogen-bond acceptors (Lipinski definition) is 2. The Hall–Kier alpha value is -2.65. The second kappa shape index (κ2) is 8.15. The monoisotopic (exact) mass is 368 g/mol. The fraction of sp³-hybridized carbons (Fsp3) is 0.136. The minimum atomic E-state index is -0.581. The van der Waals surface area contributed by atoms with Crippen molar-refractivity contribution in [3.05, 3.63) is 89.7 Å². The summed E-state index contributed by atoms with van der Waals surface area (Å²) >= 11 is 5.74. The smallest absolute Gasteiger partial charge is 0.318 e. The molecule has 3 aromatic rings. The van der Waals surface area contributed by atoms with Crippen molar-refractivity contribution in [3.8, 4) is 16.9 Å². The Morgan fingerprint density at radius 1 is 1.04 bits per heavy atom. The van der Waals surface area contributed by atoms with Gasteiger partial charge in [0.1, 0.15) is 11.6 Å². The van der Waals surface area contributed by atoms with E-state index in [9.17, 15) is 9.18 Å². The van der Waals surface area contributed by atoms with Crippen molar-refractivity contribution in [2.75, 3.05) is 0 Å². The van der Waals surface area contributed by atoms with Crippen LogP contribution in [0.1, 0.15) is 24.0 Å². The predicted molar refractivity (Wildman–Crippen MR) is 102 cm³/mol. The molecule has 0 bridgehead atoms. The third kappa shape index (κ3) is 4.12. The van der Waals surface area contributed by atoms with E-state index in [0.717, 1.165) is 11.1 Å². The highest BCUT2D eigenvalue weighted by molar-refractivity contribution is 6.17. The predicted octanol–water partition coefficient (Wildman–Crippen LogP) is 5.94. The summed E-state index contributed by atoms with van der Waals surface area (Å²) in [4.78, 5) is 12.4. The quantitative estimate of drug-likeness (QED) is 0.316. The average molecular weight is 369 g/mol. The maximum atomic E-state index is 14.5. The number of rotatable bonds is 5. The van der Waals surface area contributed by atoms with E-state index in [2.05, 4.69) is 0 Å². The maximum absolute atomic E-state index is 14.5. The lowest BCUT2D eigenvalue weighted by Crippen LogP contribution is -2.16. The van der Waals surface area contributed by atoms with Gasteiger partial charge in [-0.2, -0.15) is 0 Å². The number of esters is 1. The van der Waals surface area contributed by atoms with Crippen LogP contribution in [0, 0.1) is 5.82 Å². The molecule has 132 valence electrons. The van der Waals surface area contributed by atoms with E-state index >= 15 is 0 Å². The molecule has 0 N–H and O–H groups in total. The first kappa shape index (κ1) is 18.2. The van der Waals surface area contributed by atoms with Crippen LogP contribution in [0.3, 0.4) is 0 Å². The van der Waals surface area contributed by atoms with Gasteiger partial charge in [0.2, 0.25) is 0 Å². The molecule has 0 aliphatic rings. The Morgan fingerprint density at radius 2 is 1.73 bits per heavy atom. The molecule has 4 heteroatoms. The van der Waals surface area contributed by atoms with Crippen molar-refractivity contribution >= 4 is 17.6 Å². The summed E-state index contributed by atoms with van der Waals surface area (Å²) in [7, 11) is 0. The van der Waals surface area contributed by atoms with Gasteiger partial charge < -0.3 is 4.74 Å². The van der Waals surface area contributed by atoms with Crippen molar-refractivity contribution in [3.63, 3.8) is 0 Å². The summed E-state index contributed by atoms with van der Waals surface area (Å²) in [6, 6.07) is 21.1. The zero-order chi connectivity index (χ0) is 18.5. The molecule has 1 atom stereocenters. The number of carbonyl (C=O) groups is 1. The molecule has 0 amide bonds. The number of benzene rings is 3. The SMILES string of the molecule is CC(C(=O)Oc1ccc(CCl)cc1)c1ccc(-c2ccccc2)c(F)c1. The van der Waals surface area contributed by atoms with E-state index in [-0.39, 0.29) is 5.82 Å². The summed E-state index contributed by atoms with van der Waals surface area (Å²) in [5, 5.41) is 0. The van der Waals surface area contributed by atoms with Crippen molar-refractivity contribution < 1.29 is 13.9 Å². The van der Waals surface area contributed by atoms with Gasteiger partial charge >= 0.3 is 5.97 Å². The first-order chi connectivity index (χ1) is 12.6. The van der Waals surface area contributed by atoms with Crippen molar-refractivity contribution in [2.24, 2.45) is 0 Å². The van der Waals surface area contributed by atoms with Gasteiger partial charge in [0, 0.05) is 11.4 Å². The first-order valence-corrected chi connectivity index (χ1v) is 8.83. The zero-order valence-corrected chi connectivity index (χ0v) is 15.0. The number of alkyl halides is 1. The molecule has 0 saturated carbocycles. The summed E-state index contributed by atoms with van der Waals surface area (Å²) in [6.07, 6.45) is 0. The molecule has 0 saturated heterocycles. The largest absolute Gasteiger partial charge is 0.426 e. The number of carbonyl (C=O) groups excluding carboxylic acids is 1. The van der Waals surface area contributed by atoms with Crippen LogP contribution < -0.4 is 4.74 Å². The highest BCUT2D eigenvalue weighted by Crippen LogP contribution is 2.27. The Balaban J connectivity index is 1.75. The van der Waals surface area contributed by atoms with E-state index in [1.165, 1.54) is 6.07 Å². The Morgan fingerprint density at radius 3 is 2.35 bits per heavy atom. The van der Waals surface area contributed by atoms with Crippen LogP contribution in [0.25, 0.3) is 11.1 Å². The average Bonchev–Trinajstić information content (AvgIpc) is 2.68. The van der Waals surface area contributed by atoms with E-state index in [1.807, 2.05) is 30.3 Å². The lowest BCUT2D eigenvalue weighted by Gasteiger charge is -2.13. The molecule has 2 nitrogen and oxygen atoms in total. The topological polar surface area (TPSA) is 26.3 Å². The Bertz CT molecular complexity index is 892. The molecule has 26 heavy (non-hydrogen) atoms. The lowest BCUT2D eigenvalue weighted by molar-refractivity contribution is -0.135. The van der Waals surface area contributed by atoms with Crippen LogP contribution in [0.2, 0.25) is 0 Å². The van der Waals surface area contributed by atoms with Gasteiger partial charge in [-0.1, -0.05) is 54.6 Å². The summed E-state index contributed by atoms with van der Waals surface area (Å²) in [6.45, 7) is 1.70. The fourth-order valence-electron chi connectivity index (χ4n) is 2.64. The van der Waals surface area contributed by atoms with Crippen molar-refractivity contribution in [2.45, 2.75) is 18.7 Å². The molecule has 0 aliphatic heterocycles. The van der Waals surface area contributed by atoms with E-state index in [0.29, 0.717) is 22.8 Å². The molecule has 0 spiro atoms. The fourth-order valence-corrected chi connectivity index (χ4v) is 2.82. The third-order valence-corrected chi connectivity index (χ3v) is 4.54. The molecule has 3 aromatic carbocycles. The van der Waals surface area contributed by atoms with E-state index in [4.69, 9.17) is 16.3 Å². The van der Waals surface area contributed by atoms with E-state index < -0.39 is 11.9 Å². The summed E-state index contributed by atoms with van der Waals surface area (Å²) in [5.74, 6) is -0.535. The van der Waals surface area contributed by atoms with Crippen LogP contribution >= 0.6 is 11.6 Å². The van der Waals surface area contributed by atoms with Crippen LogP contribution in [-0.4, -0.2) is 5.97 Å². The van der Waals surface area contributed by atoms with Gasteiger partial charge in [0.15, 0.2) is 0 Å². The van der Waals surface area contributed by atoms with Crippen molar-refractivity contribution in [1.29, 1.82) is 0 Å². The third-order valence-electron chi connectivity index (χ3n) is 4.23. The van der Waals surface area contributed by atoms with Crippen LogP contribution in [0.15, 0.2) is 72.8 Å². The highest BCUT2D eigenvalue weighted by Gasteiger charge is 2.19. The molecular formula is C22H18ClFO2. The zero-order valence-electron chi connectivity index (χ0n) is 14.3. The highest BCUT2D eigenvalue weighted by atomic mass is 35.5. The van der Waals surface area contributed by atoms with Gasteiger partial charge in [0.25, 0.3) is 0 Å². The second-order valence-electron chi connectivity index (χ2n) is 6.03. The molecule has 1 unspecified atom stereocenters. The van der Waals surface area contributed by atoms with Gasteiger partial charge in [-0.05, 0) is 41.8 Å². The van der Waals surface area contributed by atoms with Gasteiger partial charge in [0.05, 0.1) is 5.92 Å². The van der Waals surface area contributed by atoms with Crippen LogP contribution in [-0.2, 0) is 10.7 Å². The Labute approximate surface area is 157 Å². The summed E-state index contributed by atoms with van der Waals surface area (Å²) in [5.41, 5.74) is 2.82. The lowest BCUT2D eigenvalue weighted by atomic mass is 9.97. The van der Waals surface area contributed by atoms with Crippen LogP contribution in [0.5, 0.6) is 5.75 Å². The number of hydrogen-bond donors (Lipinski definition) is 0. The maximum Gasteiger partial charge on any atom is 0.318 e.